The van der Waals surface area contributed by atoms with Crippen LogP contribution in [0, 0.1) is 5.41 Å². The molecule has 0 saturated carbocycles. The SMILES string of the molecule is COC(=O)CC[C@H](NC(=O)NCC(C)(C)C(N)=O)C(=O)O. The van der Waals surface area contributed by atoms with Crippen molar-refractivity contribution in [1.29, 1.82) is 0 Å². The van der Waals surface area contributed by atoms with Crippen LogP contribution in [-0.2, 0) is 19.1 Å². The maximum absolute atomic E-state index is 11.6. The summed E-state index contributed by atoms with van der Waals surface area (Å²) in [5.74, 6) is -2.44. The number of amides is 3. The van der Waals surface area contributed by atoms with Crippen molar-refractivity contribution in [2.75, 3.05) is 13.7 Å². The highest BCUT2D eigenvalue weighted by molar-refractivity contribution is 5.84. The Bertz CT molecular complexity index is 421. The monoisotopic (exact) mass is 303 g/mol. The van der Waals surface area contributed by atoms with Crippen molar-refractivity contribution in [3.05, 3.63) is 0 Å². The molecular weight excluding hydrogens is 282 g/mol. The van der Waals surface area contributed by atoms with Crippen LogP contribution < -0.4 is 16.4 Å². The van der Waals surface area contributed by atoms with Crippen LogP contribution in [0.25, 0.3) is 0 Å². The molecule has 9 nitrogen and oxygen atoms in total. The van der Waals surface area contributed by atoms with E-state index in [9.17, 15) is 19.2 Å². The van der Waals surface area contributed by atoms with Gasteiger partial charge in [-0.3, -0.25) is 9.59 Å². The largest absolute Gasteiger partial charge is 0.480 e. The first-order chi connectivity index (χ1) is 9.60. The Kier molecular flexibility index (Phi) is 7.18. The Labute approximate surface area is 122 Å². The first kappa shape index (κ1) is 18.7. The lowest BCUT2D eigenvalue weighted by Crippen LogP contribution is -2.50. The summed E-state index contributed by atoms with van der Waals surface area (Å²) in [6, 6.07) is -2.00. The summed E-state index contributed by atoms with van der Waals surface area (Å²) in [6.45, 7) is 3.04. The zero-order valence-corrected chi connectivity index (χ0v) is 12.3. The fourth-order valence-electron chi connectivity index (χ4n) is 1.22. The van der Waals surface area contributed by atoms with Crippen LogP contribution in [0.1, 0.15) is 26.7 Å². The molecule has 0 bridgehead atoms. The fraction of sp³-hybridized carbons (Fsp3) is 0.667. The number of esters is 1. The molecule has 1 atom stereocenters. The van der Waals surface area contributed by atoms with E-state index in [0.29, 0.717) is 0 Å². The normalized spacial score (nSPS) is 12.1. The maximum Gasteiger partial charge on any atom is 0.326 e. The van der Waals surface area contributed by atoms with Crippen molar-refractivity contribution in [2.45, 2.75) is 32.7 Å². The number of nitrogens with two attached hydrogens (primary N) is 1. The van der Waals surface area contributed by atoms with Gasteiger partial charge in [-0.2, -0.15) is 0 Å². The number of rotatable bonds is 8. The molecule has 0 aliphatic rings. The molecule has 0 radical (unpaired) electrons. The molecule has 0 spiro atoms. The minimum Gasteiger partial charge on any atom is -0.480 e. The number of primary amides is 1. The van der Waals surface area contributed by atoms with Gasteiger partial charge in [0.1, 0.15) is 6.04 Å². The number of nitrogens with one attached hydrogen (secondary N) is 2. The molecule has 0 aromatic heterocycles. The van der Waals surface area contributed by atoms with Crippen LogP contribution in [0.5, 0.6) is 0 Å². The molecule has 0 unspecified atom stereocenters. The smallest absolute Gasteiger partial charge is 0.326 e. The standard InChI is InChI=1S/C12H21N3O6/c1-12(2,10(13)19)6-14-11(20)15-7(9(17)18)4-5-8(16)21-3/h7H,4-6H2,1-3H3,(H2,13,19)(H,17,18)(H2,14,15,20)/t7-/m0/s1. The van der Waals surface area contributed by atoms with Gasteiger partial charge < -0.3 is 26.2 Å². The number of aliphatic carboxylic acids is 1. The molecule has 0 aliphatic carbocycles. The third-order valence-electron chi connectivity index (χ3n) is 2.83. The van der Waals surface area contributed by atoms with Gasteiger partial charge in [0.05, 0.1) is 12.5 Å². The van der Waals surface area contributed by atoms with Crippen molar-refractivity contribution >= 4 is 23.9 Å². The Morgan fingerprint density at radius 2 is 1.86 bits per heavy atom. The van der Waals surface area contributed by atoms with Crippen molar-refractivity contribution in [3.63, 3.8) is 0 Å². The number of hydrogen-bond acceptors (Lipinski definition) is 5. The predicted octanol–water partition coefficient (Wildman–Crippen LogP) is -0.796. The van der Waals surface area contributed by atoms with Gasteiger partial charge >= 0.3 is 18.0 Å². The number of hydrogen-bond donors (Lipinski definition) is 4. The van der Waals surface area contributed by atoms with E-state index in [0.717, 1.165) is 0 Å². The second kappa shape index (κ2) is 8.08. The maximum atomic E-state index is 11.6. The quantitative estimate of drug-likeness (QED) is 0.432. The summed E-state index contributed by atoms with van der Waals surface area (Å²) in [5.41, 5.74) is 4.19. The molecule has 3 amide bonds. The lowest BCUT2D eigenvalue weighted by molar-refractivity contribution is -0.142. The molecule has 0 aromatic carbocycles. The highest BCUT2D eigenvalue weighted by Crippen LogP contribution is 2.11. The first-order valence-corrected chi connectivity index (χ1v) is 6.24. The fourth-order valence-corrected chi connectivity index (χ4v) is 1.22. The zero-order valence-electron chi connectivity index (χ0n) is 12.3. The lowest BCUT2D eigenvalue weighted by atomic mass is 9.93. The molecule has 9 heteroatoms. The van der Waals surface area contributed by atoms with Crippen LogP contribution in [0.3, 0.4) is 0 Å². The van der Waals surface area contributed by atoms with Gasteiger partial charge in [-0.15, -0.1) is 0 Å². The lowest BCUT2D eigenvalue weighted by Gasteiger charge is -2.22. The Morgan fingerprint density at radius 3 is 2.29 bits per heavy atom. The number of ether oxygens (including phenoxy) is 1. The van der Waals surface area contributed by atoms with E-state index in [1.54, 1.807) is 13.8 Å². The van der Waals surface area contributed by atoms with Crippen LogP contribution in [-0.4, -0.2) is 48.7 Å². The van der Waals surface area contributed by atoms with Gasteiger partial charge in [0.15, 0.2) is 0 Å². The van der Waals surface area contributed by atoms with Gasteiger partial charge in [0.2, 0.25) is 5.91 Å². The molecular formula is C12H21N3O6. The van der Waals surface area contributed by atoms with Crippen LogP contribution in [0.2, 0.25) is 0 Å². The van der Waals surface area contributed by atoms with Gasteiger partial charge in [-0.25, -0.2) is 9.59 Å². The number of carboxylic acids is 1. The van der Waals surface area contributed by atoms with Crippen molar-refractivity contribution < 1.29 is 29.0 Å². The average molecular weight is 303 g/mol. The van der Waals surface area contributed by atoms with E-state index in [4.69, 9.17) is 10.8 Å². The van der Waals surface area contributed by atoms with E-state index < -0.39 is 35.3 Å². The summed E-state index contributed by atoms with van der Waals surface area (Å²) >= 11 is 0. The summed E-state index contributed by atoms with van der Waals surface area (Å²) in [5, 5.41) is 13.5. The number of methoxy groups -OCH3 is 1. The number of carbonyl (C=O) groups is 4. The van der Waals surface area contributed by atoms with Crippen molar-refractivity contribution in [1.82, 2.24) is 10.6 Å². The van der Waals surface area contributed by atoms with Gasteiger partial charge in [0, 0.05) is 13.0 Å². The molecule has 0 saturated heterocycles. The molecule has 0 rings (SSSR count). The van der Waals surface area contributed by atoms with Crippen molar-refractivity contribution in [2.24, 2.45) is 11.1 Å². The van der Waals surface area contributed by atoms with Crippen LogP contribution in [0.15, 0.2) is 0 Å². The summed E-state index contributed by atoms with van der Waals surface area (Å²) < 4.78 is 4.39. The summed E-state index contributed by atoms with van der Waals surface area (Å²) in [6.07, 6.45) is -0.241. The summed E-state index contributed by atoms with van der Waals surface area (Å²) in [4.78, 5) is 44.6. The topological polar surface area (TPSA) is 148 Å². The van der Waals surface area contributed by atoms with E-state index in [2.05, 4.69) is 15.4 Å². The van der Waals surface area contributed by atoms with Gasteiger partial charge in [0.25, 0.3) is 0 Å². The second-order valence-corrected chi connectivity index (χ2v) is 5.08. The average Bonchev–Trinajstić information content (AvgIpc) is 2.40. The van der Waals surface area contributed by atoms with Crippen LogP contribution in [0.4, 0.5) is 4.79 Å². The number of carbonyl (C=O) groups excluding carboxylic acids is 3. The molecule has 5 N–H and O–H groups in total. The zero-order chi connectivity index (χ0) is 16.6. The molecule has 0 aliphatic heterocycles. The number of urea groups is 1. The minimum absolute atomic E-state index is 0.0441. The van der Waals surface area contributed by atoms with Crippen molar-refractivity contribution in [3.8, 4) is 0 Å². The highest BCUT2D eigenvalue weighted by atomic mass is 16.5. The van der Waals surface area contributed by atoms with E-state index in [1.807, 2.05) is 0 Å². The molecule has 120 valence electrons. The van der Waals surface area contributed by atoms with E-state index in [1.165, 1.54) is 7.11 Å². The van der Waals surface area contributed by atoms with E-state index in [-0.39, 0.29) is 19.4 Å². The molecule has 0 heterocycles. The highest BCUT2D eigenvalue weighted by Gasteiger charge is 2.27. The molecule has 0 aromatic rings. The Morgan fingerprint density at radius 1 is 1.29 bits per heavy atom. The van der Waals surface area contributed by atoms with E-state index >= 15 is 0 Å². The van der Waals surface area contributed by atoms with Gasteiger partial charge in [-0.1, -0.05) is 0 Å². The second-order valence-electron chi connectivity index (χ2n) is 5.08. The third kappa shape index (κ3) is 7.14. The summed E-state index contributed by atoms with van der Waals surface area (Å²) in [7, 11) is 1.18. The number of carboxylic acid groups (broad SMARTS) is 1. The predicted molar refractivity (Wildman–Crippen MR) is 72.2 cm³/mol. The van der Waals surface area contributed by atoms with Crippen LogP contribution >= 0.6 is 0 Å². The minimum atomic E-state index is -1.27. The van der Waals surface area contributed by atoms with Gasteiger partial charge in [-0.05, 0) is 20.3 Å². The first-order valence-electron chi connectivity index (χ1n) is 6.24. The molecule has 0 fully saturated rings. The Balaban J connectivity index is 4.39. The third-order valence-corrected chi connectivity index (χ3v) is 2.83. The molecule has 21 heavy (non-hydrogen) atoms. The Hall–Kier alpha value is -2.32.